The molecule has 3 rings (SSSR count). The number of carbonyl (C=O) groups excluding carboxylic acids is 3. The van der Waals surface area contributed by atoms with Gasteiger partial charge in [-0.25, -0.2) is 14.0 Å². The van der Waals surface area contributed by atoms with Crippen molar-refractivity contribution in [3.63, 3.8) is 0 Å². The molecule has 218 valence electrons. The fraction of sp³-hybridized carbons (Fsp3) is 0.481. The number of urea groups is 2. The summed E-state index contributed by atoms with van der Waals surface area (Å²) in [5.41, 5.74) is 7.57. The number of amides is 5. The summed E-state index contributed by atoms with van der Waals surface area (Å²) in [5.74, 6) is -1.04. The molecule has 11 nitrogen and oxygen atoms in total. The lowest BCUT2D eigenvalue weighted by molar-refractivity contribution is 0.0375. The Morgan fingerprint density at radius 2 is 1.98 bits per heavy atom. The van der Waals surface area contributed by atoms with Gasteiger partial charge in [-0.3, -0.25) is 15.0 Å². The number of nitrogens with two attached hydrogens (primary N) is 1. The van der Waals surface area contributed by atoms with E-state index in [1.807, 2.05) is 13.8 Å². The quantitative estimate of drug-likeness (QED) is 0.200. The maximum Gasteiger partial charge on any atom is 0.323 e. The van der Waals surface area contributed by atoms with Gasteiger partial charge >= 0.3 is 12.1 Å². The molecule has 0 bridgehead atoms. The topological polar surface area (TPSA) is 151 Å². The van der Waals surface area contributed by atoms with Gasteiger partial charge in [0.2, 0.25) is 0 Å². The van der Waals surface area contributed by atoms with Gasteiger partial charge in [-0.05, 0) is 67.9 Å². The van der Waals surface area contributed by atoms with Crippen LogP contribution in [0.3, 0.4) is 0 Å². The van der Waals surface area contributed by atoms with Gasteiger partial charge in [-0.2, -0.15) is 4.37 Å². The summed E-state index contributed by atoms with van der Waals surface area (Å²) in [6, 6.07) is -0.996. The number of halogens is 1. The Bertz CT molecular complexity index is 1200. The van der Waals surface area contributed by atoms with Crippen molar-refractivity contribution in [2.45, 2.75) is 40.0 Å². The molecule has 13 heteroatoms. The molecule has 0 radical (unpaired) electrons. The molecule has 1 aliphatic heterocycles. The highest BCUT2D eigenvalue weighted by molar-refractivity contribution is 7.11. The van der Waals surface area contributed by atoms with Crippen molar-refractivity contribution in [2.75, 3.05) is 44.7 Å². The van der Waals surface area contributed by atoms with Crippen molar-refractivity contribution in [3.05, 3.63) is 52.8 Å². The molecule has 6 N–H and O–H groups in total. The molecular formula is C27H38FN7O4S. The molecule has 1 aromatic heterocycles. The zero-order valence-corrected chi connectivity index (χ0v) is 24.0. The molecule has 1 fully saturated rings. The fourth-order valence-corrected chi connectivity index (χ4v) is 5.04. The minimum absolute atomic E-state index is 0.125. The van der Waals surface area contributed by atoms with Gasteiger partial charge in [0.25, 0.3) is 5.91 Å². The zero-order chi connectivity index (χ0) is 29.1. The van der Waals surface area contributed by atoms with Crippen molar-refractivity contribution in [3.8, 4) is 0 Å². The number of hydrogen-bond donors (Lipinski definition) is 5. The number of anilines is 1. The lowest BCUT2D eigenvalue weighted by Crippen LogP contribution is -2.38. The fourth-order valence-electron chi connectivity index (χ4n) is 4.23. The van der Waals surface area contributed by atoms with E-state index in [9.17, 15) is 18.8 Å². The lowest BCUT2D eigenvalue weighted by atomic mass is 10.00. The third kappa shape index (κ3) is 9.28. The van der Waals surface area contributed by atoms with E-state index in [4.69, 9.17) is 10.5 Å². The van der Waals surface area contributed by atoms with Gasteiger partial charge in [0.15, 0.2) is 0 Å². The number of nitrogens with zero attached hydrogens (tertiary/aromatic N) is 2. The molecule has 1 aliphatic carbocycles. The minimum atomic E-state index is -0.713. The van der Waals surface area contributed by atoms with E-state index < -0.39 is 23.8 Å². The van der Waals surface area contributed by atoms with E-state index in [1.165, 1.54) is 6.08 Å². The highest BCUT2D eigenvalue weighted by Crippen LogP contribution is 2.31. The average Bonchev–Trinajstić information content (AvgIpc) is 3.33. The number of morpholine rings is 1. The first-order chi connectivity index (χ1) is 19.2. The molecule has 1 unspecified atom stereocenters. The Kier molecular flexibility index (Phi) is 11.8. The number of nitrogens with one attached hydrogen (secondary N) is 4. The summed E-state index contributed by atoms with van der Waals surface area (Å²) < 4.78 is 23.7. The van der Waals surface area contributed by atoms with Crippen LogP contribution >= 0.6 is 11.5 Å². The highest BCUT2D eigenvalue weighted by Gasteiger charge is 2.22. The summed E-state index contributed by atoms with van der Waals surface area (Å²) in [7, 11) is 0. The SMILES string of the molecule is CC/C(=C\C=C(/C)NC(=O)NC1=C(F)C=CC(C)C1)c1nsc(NC(=O)NCCCN2CCOCC2)c1C(N)=O. The van der Waals surface area contributed by atoms with Gasteiger partial charge in [-0.15, -0.1) is 0 Å². The Hall–Kier alpha value is -3.55. The summed E-state index contributed by atoms with van der Waals surface area (Å²) in [4.78, 5) is 39.4. The smallest absolute Gasteiger partial charge is 0.323 e. The van der Waals surface area contributed by atoms with Crippen molar-refractivity contribution in [1.29, 1.82) is 0 Å². The van der Waals surface area contributed by atoms with Gasteiger partial charge in [0, 0.05) is 25.3 Å². The van der Waals surface area contributed by atoms with Crippen LogP contribution in [-0.4, -0.2) is 66.6 Å². The van der Waals surface area contributed by atoms with E-state index in [1.54, 1.807) is 25.2 Å². The first kappa shape index (κ1) is 31.0. The molecule has 1 aromatic rings. The van der Waals surface area contributed by atoms with Crippen LogP contribution in [0.1, 0.15) is 56.1 Å². The predicted molar refractivity (Wildman–Crippen MR) is 154 cm³/mol. The maximum absolute atomic E-state index is 14.0. The Morgan fingerprint density at radius 1 is 1.23 bits per heavy atom. The van der Waals surface area contributed by atoms with Crippen molar-refractivity contribution in [1.82, 2.24) is 25.2 Å². The third-order valence-electron chi connectivity index (χ3n) is 6.39. The second-order valence-corrected chi connectivity index (χ2v) is 10.4. The second kappa shape index (κ2) is 15.3. The molecule has 0 saturated carbocycles. The molecular weight excluding hydrogens is 537 g/mol. The Morgan fingerprint density at radius 3 is 2.67 bits per heavy atom. The number of primary amides is 1. The van der Waals surface area contributed by atoms with Crippen LogP contribution in [0.25, 0.3) is 5.57 Å². The summed E-state index contributed by atoms with van der Waals surface area (Å²) in [5, 5.41) is 11.0. The van der Waals surface area contributed by atoms with E-state index in [0.29, 0.717) is 36.4 Å². The van der Waals surface area contributed by atoms with Crippen molar-refractivity contribution in [2.24, 2.45) is 11.7 Å². The van der Waals surface area contributed by atoms with E-state index in [0.717, 1.165) is 50.8 Å². The number of allylic oxidation sites excluding steroid dienone is 8. The first-order valence-electron chi connectivity index (χ1n) is 13.3. The second-order valence-electron chi connectivity index (χ2n) is 9.63. The minimum Gasteiger partial charge on any atom is -0.379 e. The van der Waals surface area contributed by atoms with Gasteiger partial charge in [0.1, 0.15) is 16.4 Å². The van der Waals surface area contributed by atoms with Crippen LogP contribution in [0.2, 0.25) is 0 Å². The number of ether oxygens (including phenoxy) is 1. The Labute approximate surface area is 237 Å². The van der Waals surface area contributed by atoms with Crippen LogP contribution in [0.4, 0.5) is 19.0 Å². The normalized spacial score (nSPS) is 18.4. The highest BCUT2D eigenvalue weighted by atomic mass is 32.1. The van der Waals surface area contributed by atoms with Crippen LogP contribution in [0, 0.1) is 5.92 Å². The van der Waals surface area contributed by atoms with Crippen LogP contribution in [0.5, 0.6) is 0 Å². The van der Waals surface area contributed by atoms with Gasteiger partial charge in [-0.1, -0.05) is 26.0 Å². The molecule has 40 heavy (non-hydrogen) atoms. The van der Waals surface area contributed by atoms with Crippen molar-refractivity contribution < 1.29 is 23.5 Å². The largest absolute Gasteiger partial charge is 0.379 e. The molecule has 0 aromatic carbocycles. The standard InChI is InChI=1S/C27H38FN7O4S/c1-4-19(8-7-18(3)31-27(38)32-21-16-17(2)6-9-20(21)28)23-22(24(29)36)25(40-34-23)33-26(37)30-10-5-11-35-12-14-39-15-13-35/h6-9,17H,4-5,10-16H2,1-3H3,(H2,29,36)(H2,30,33,37)(H2,31,32,38)/b18-7+,19-8+. The number of aromatic nitrogens is 1. The number of carbonyl (C=O) groups is 3. The van der Waals surface area contributed by atoms with Gasteiger partial charge < -0.3 is 26.4 Å². The monoisotopic (exact) mass is 575 g/mol. The van der Waals surface area contributed by atoms with Crippen LogP contribution < -0.4 is 27.0 Å². The summed E-state index contributed by atoms with van der Waals surface area (Å²) in [6.45, 7) is 10.1. The molecule has 2 aliphatic rings. The number of rotatable bonds is 11. The molecule has 1 saturated heterocycles. The summed E-state index contributed by atoms with van der Waals surface area (Å²) >= 11 is 0.971. The Balaban J connectivity index is 1.59. The average molecular weight is 576 g/mol. The molecule has 1 atom stereocenters. The van der Waals surface area contributed by atoms with Crippen LogP contribution in [-0.2, 0) is 4.74 Å². The predicted octanol–water partition coefficient (Wildman–Crippen LogP) is 3.86. The first-order valence-corrected chi connectivity index (χ1v) is 14.1. The molecule has 0 spiro atoms. The lowest BCUT2D eigenvalue weighted by Gasteiger charge is -2.26. The summed E-state index contributed by atoms with van der Waals surface area (Å²) in [6.07, 6.45) is 8.18. The van der Waals surface area contributed by atoms with E-state index in [2.05, 4.69) is 30.5 Å². The van der Waals surface area contributed by atoms with Crippen LogP contribution in [0.15, 0.2) is 41.5 Å². The molecule has 2 heterocycles. The van der Waals surface area contributed by atoms with Crippen molar-refractivity contribution >= 4 is 40.1 Å². The van der Waals surface area contributed by atoms with Gasteiger partial charge in [0.05, 0.1) is 24.6 Å². The zero-order valence-electron chi connectivity index (χ0n) is 23.1. The third-order valence-corrected chi connectivity index (χ3v) is 7.15. The molecule has 5 amide bonds. The maximum atomic E-state index is 14.0. The van der Waals surface area contributed by atoms with E-state index in [-0.39, 0.29) is 22.2 Å². The van der Waals surface area contributed by atoms with E-state index >= 15 is 0 Å². The number of hydrogen-bond acceptors (Lipinski definition) is 7.